The Morgan fingerprint density at radius 2 is 1.70 bits per heavy atom. The zero-order chi connectivity index (χ0) is 24.8. The second kappa shape index (κ2) is 11.4. The van der Waals surface area contributed by atoms with E-state index in [-0.39, 0.29) is 21.0 Å². The highest BCUT2D eigenvalue weighted by Gasteiger charge is 2.25. The molecule has 0 saturated carbocycles. The number of aryl methyl sites for hydroxylation is 1. The number of hydrogen-bond donors (Lipinski definition) is 2. The first-order valence-electron chi connectivity index (χ1n) is 10.5. The van der Waals surface area contributed by atoms with E-state index in [1.807, 2.05) is 6.92 Å². The standard InChI is InChI=1S/C22H29N3O6S2/c1-6-8-13-25(7-2)33(29,30)17-11-9-16(10-12-17)19(26)23-21-18(14(3)15(4)32-21)20(27)24-22(28)31-5/h9-12H,6-8,13H2,1-5H3,(H,23,26)(H,24,27,28). The molecule has 0 fully saturated rings. The highest BCUT2D eigenvalue weighted by Crippen LogP contribution is 2.33. The summed E-state index contributed by atoms with van der Waals surface area (Å²) in [6.07, 6.45) is 0.739. The molecular formula is C22H29N3O6S2. The number of methoxy groups -OCH3 is 1. The Bertz CT molecular complexity index is 1120. The highest BCUT2D eigenvalue weighted by molar-refractivity contribution is 7.89. The summed E-state index contributed by atoms with van der Waals surface area (Å²) < 4.78 is 31.6. The van der Waals surface area contributed by atoms with Gasteiger partial charge >= 0.3 is 6.09 Å². The number of anilines is 1. The Morgan fingerprint density at radius 1 is 1.06 bits per heavy atom. The zero-order valence-corrected chi connectivity index (χ0v) is 21.0. The molecule has 2 aromatic rings. The molecule has 180 valence electrons. The van der Waals surface area contributed by atoms with Crippen molar-refractivity contribution in [1.82, 2.24) is 9.62 Å². The number of ether oxygens (including phenoxy) is 1. The van der Waals surface area contributed by atoms with Gasteiger partial charge in [0.05, 0.1) is 17.6 Å². The van der Waals surface area contributed by atoms with Gasteiger partial charge in [-0.05, 0) is 50.1 Å². The van der Waals surface area contributed by atoms with Crippen molar-refractivity contribution in [2.45, 2.75) is 45.4 Å². The second-order valence-corrected chi connectivity index (χ2v) is 10.4. The van der Waals surface area contributed by atoms with Crippen LogP contribution in [0.2, 0.25) is 0 Å². The number of imide groups is 1. The predicted octanol–water partition coefficient (Wildman–Crippen LogP) is 3.92. The van der Waals surface area contributed by atoms with Gasteiger partial charge in [-0.2, -0.15) is 4.31 Å². The largest absolute Gasteiger partial charge is 0.453 e. The molecule has 0 radical (unpaired) electrons. The molecule has 0 unspecified atom stereocenters. The molecule has 0 aliphatic rings. The van der Waals surface area contributed by atoms with E-state index in [0.717, 1.165) is 24.8 Å². The van der Waals surface area contributed by atoms with Crippen LogP contribution in [0, 0.1) is 13.8 Å². The quantitative estimate of drug-likeness (QED) is 0.544. The summed E-state index contributed by atoms with van der Waals surface area (Å²) in [5.41, 5.74) is 1.03. The smallest absolute Gasteiger partial charge is 0.413 e. The van der Waals surface area contributed by atoms with Gasteiger partial charge in [0.25, 0.3) is 11.8 Å². The zero-order valence-electron chi connectivity index (χ0n) is 19.4. The molecule has 33 heavy (non-hydrogen) atoms. The summed E-state index contributed by atoms with van der Waals surface area (Å²) in [5.74, 6) is -1.20. The van der Waals surface area contributed by atoms with E-state index in [4.69, 9.17) is 0 Å². The summed E-state index contributed by atoms with van der Waals surface area (Å²) >= 11 is 1.20. The van der Waals surface area contributed by atoms with Crippen molar-refractivity contribution in [3.05, 3.63) is 45.8 Å². The molecule has 1 aromatic heterocycles. The number of benzene rings is 1. The maximum atomic E-state index is 12.9. The summed E-state index contributed by atoms with van der Waals surface area (Å²) in [4.78, 5) is 37.6. The molecule has 2 N–H and O–H groups in total. The van der Waals surface area contributed by atoms with Gasteiger partial charge in [-0.1, -0.05) is 20.3 Å². The van der Waals surface area contributed by atoms with Crippen LogP contribution in [0.15, 0.2) is 29.2 Å². The number of thiophene rings is 1. The van der Waals surface area contributed by atoms with Crippen LogP contribution in [0.3, 0.4) is 0 Å². The second-order valence-electron chi connectivity index (χ2n) is 7.26. The summed E-state index contributed by atoms with van der Waals surface area (Å²) in [6, 6.07) is 5.65. The van der Waals surface area contributed by atoms with Crippen molar-refractivity contribution >= 4 is 44.3 Å². The van der Waals surface area contributed by atoms with Gasteiger partial charge in [-0.3, -0.25) is 14.9 Å². The van der Waals surface area contributed by atoms with Crippen LogP contribution in [0.25, 0.3) is 0 Å². The van der Waals surface area contributed by atoms with Crippen LogP contribution in [-0.2, 0) is 14.8 Å². The lowest BCUT2D eigenvalue weighted by atomic mass is 10.1. The van der Waals surface area contributed by atoms with E-state index in [0.29, 0.717) is 18.7 Å². The lowest BCUT2D eigenvalue weighted by molar-refractivity contribution is 0.0937. The number of carbonyl (C=O) groups is 3. The third-order valence-corrected chi connectivity index (χ3v) is 8.22. The Morgan fingerprint density at radius 3 is 2.24 bits per heavy atom. The maximum Gasteiger partial charge on any atom is 0.413 e. The third-order valence-electron chi connectivity index (χ3n) is 5.11. The maximum absolute atomic E-state index is 12.9. The average molecular weight is 496 g/mol. The van der Waals surface area contributed by atoms with E-state index in [1.54, 1.807) is 20.8 Å². The van der Waals surface area contributed by atoms with Gasteiger partial charge in [0.15, 0.2) is 0 Å². The molecule has 0 bridgehead atoms. The van der Waals surface area contributed by atoms with Crippen molar-refractivity contribution in [2.24, 2.45) is 0 Å². The van der Waals surface area contributed by atoms with Crippen LogP contribution >= 0.6 is 11.3 Å². The number of amides is 3. The average Bonchev–Trinajstić information content (AvgIpc) is 3.06. The van der Waals surface area contributed by atoms with Gasteiger partial charge in [0, 0.05) is 23.5 Å². The first-order valence-corrected chi connectivity index (χ1v) is 12.7. The van der Waals surface area contributed by atoms with Crippen molar-refractivity contribution < 1.29 is 27.5 Å². The molecule has 1 heterocycles. The summed E-state index contributed by atoms with van der Waals surface area (Å²) in [6.45, 7) is 8.08. The van der Waals surface area contributed by atoms with Crippen LogP contribution in [0.4, 0.5) is 9.80 Å². The molecule has 11 heteroatoms. The van der Waals surface area contributed by atoms with Crippen molar-refractivity contribution in [3.8, 4) is 0 Å². The molecule has 1 aromatic carbocycles. The van der Waals surface area contributed by atoms with Crippen molar-refractivity contribution in [2.75, 3.05) is 25.5 Å². The van der Waals surface area contributed by atoms with E-state index < -0.39 is 27.9 Å². The first-order chi connectivity index (χ1) is 15.6. The molecule has 0 aliphatic carbocycles. The number of sulfonamides is 1. The topological polar surface area (TPSA) is 122 Å². The summed E-state index contributed by atoms with van der Waals surface area (Å²) in [7, 11) is -2.51. The normalized spacial score (nSPS) is 11.3. The number of alkyl carbamates (subject to hydrolysis) is 1. The molecule has 0 atom stereocenters. The minimum absolute atomic E-state index is 0.109. The minimum Gasteiger partial charge on any atom is -0.453 e. The molecule has 3 amide bonds. The fraction of sp³-hybridized carbons (Fsp3) is 0.409. The summed E-state index contributed by atoms with van der Waals surface area (Å²) in [5, 5.41) is 5.06. The van der Waals surface area contributed by atoms with E-state index in [2.05, 4.69) is 15.4 Å². The first kappa shape index (κ1) is 26.5. The predicted molar refractivity (Wildman–Crippen MR) is 127 cm³/mol. The van der Waals surface area contributed by atoms with E-state index in [1.165, 1.54) is 39.9 Å². The van der Waals surface area contributed by atoms with Gasteiger partial charge in [-0.15, -0.1) is 11.3 Å². The Balaban J connectivity index is 2.25. The molecule has 0 saturated heterocycles. The molecule has 2 rings (SSSR count). The Hall–Kier alpha value is -2.76. The number of rotatable bonds is 9. The van der Waals surface area contributed by atoms with Crippen molar-refractivity contribution in [1.29, 1.82) is 0 Å². The van der Waals surface area contributed by atoms with Gasteiger partial charge in [0.2, 0.25) is 10.0 Å². The van der Waals surface area contributed by atoms with Gasteiger partial charge in [-0.25, -0.2) is 13.2 Å². The molecular weight excluding hydrogens is 466 g/mol. The van der Waals surface area contributed by atoms with E-state index >= 15 is 0 Å². The van der Waals surface area contributed by atoms with Crippen molar-refractivity contribution in [3.63, 3.8) is 0 Å². The number of nitrogens with zero attached hydrogens (tertiary/aromatic N) is 1. The molecule has 0 spiro atoms. The Kier molecular flexibility index (Phi) is 9.15. The minimum atomic E-state index is -3.65. The lowest BCUT2D eigenvalue weighted by Crippen LogP contribution is -2.32. The number of carbonyl (C=O) groups excluding carboxylic acids is 3. The molecule has 9 nitrogen and oxygen atoms in total. The monoisotopic (exact) mass is 495 g/mol. The van der Waals surface area contributed by atoms with Crippen LogP contribution < -0.4 is 10.6 Å². The molecule has 0 aliphatic heterocycles. The Labute approximate surface area is 198 Å². The fourth-order valence-corrected chi connectivity index (χ4v) is 5.62. The third kappa shape index (κ3) is 6.18. The number of nitrogens with one attached hydrogen (secondary N) is 2. The fourth-order valence-electron chi connectivity index (χ4n) is 3.08. The van der Waals surface area contributed by atoms with Crippen LogP contribution in [-0.4, -0.2) is 50.8 Å². The van der Waals surface area contributed by atoms with Crippen LogP contribution in [0.5, 0.6) is 0 Å². The number of hydrogen-bond acceptors (Lipinski definition) is 7. The highest BCUT2D eigenvalue weighted by atomic mass is 32.2. The van der Waals surface area contributed by atoms with E-state index in [9.17, 15) is 22.8 Å². The lowest BCUT2D eigenvalue weighted by Gasteiger charge is -2.20. The SMILES string of the molecule is CCCCN(CC)S(=O)(=O)c1ccc(C(=O)Nc2sc(C)c(C)c2C(=O)NC(=O)OC)cc1. The van der Waals surface area contributed by atoms with Crippen LogP contribution in [0.1, 0.15) is 57.8 Å². The van der Waals surface area contributed by atoms with Gasteiger partial charge in [0.1, 0.15) is 5.00 Å². The van der Waals surface area contributed by atoms with Gasteiger partial charge < -0.3 is 10.1 Å². The number of unbranched alkanes of at least 4 members (excludes halogenated alkanes) is 1.